The molecule has 5 aliphatic rings. The molecule has 4 N–H and O–H groups in total. The van der Waals surface area contributed by atoms with E-state index in [4.69, 9.17) is 0 Å². The van der Waals surface area contributed by atoms with Gasteiger partial charge in [-0.1, -0.05) is 98.1 Å². The number of benzene rings is 1. The fourth-order valence-corrected chi connectivity index (χ4v) is 11.6. The molecule has 5 aliphatic carbocycles. The Bertz CT molecular complexity index is 1640. The van der Waals surface area contributed by atoms with E-state index < -0.39 is 74.5 Å². The number of carbonyl (C=O) groups is 4. The summed E-state index contributed by atoms with van der Waals surface area (Å²) in [6, 6.07) is 4.96. The molecule has 50 heavy (non-hydrogen) atoms. The van der Waals surface area contributed by atoms with Crippen LogP contribution in [-0.2, 0) is 14.4 Å². The van der Waals surface area contributed by atoms with Gasteiger partial charge in [0.1, 0.15) is 28.6 Å². The summed E-state index contributed by atoms with van der Waals surface area (Å²) in [6.45, 7) is 8.96. The fourth-order valence-electron chi connectivity index (χ4n) is 11.6. The number of phenolic OH excluding ortho intramolecular Hbond substituents is 1. The largest absolute Gasteiger partial charge is 0.511 e. The number of hydrogen-bond donors (Lipinski definition) is 4. The van der Waals surface area contributed by atoms with Crippen molar-refractivity contribution in [1.82, 2.24) is 0 Å². The van der Waals surface area contributed by atoms with E-state index in [9.17, 15) is 39.6 Å². The molecule has 1 unspecified atom stereocenters. The lowest BCUT2D eigenvalue weighted by Crippen LogP contribution is -2.72. The number of Topliss-reactive ketones (excluding diaryl/α,β-unsaturated/α-hetero) is 4. The highest BCUT2D eigenvalue weighted by Crippen LogP contribution is 2.71. The number of allylic oxidation sites excluding steroid dienone is 2. The first-order chi connectivity index (χ1) is 23.6. The fraction of sp³-hybridized carbons (Fsp3) is 0.667. The van der Waals surface area contributed by atoms with Crippen molar-refractivity contribution in [3.8, 4) is 5.75 Å². The molecule has 6 atom stereocenters. The Kier molecular flexibility index (Phi) is 9.77. The van der Waals surface area contributed by atoms with Crippen LogP contribution in [-0.4, -0.2) is 49.2 Å². The summed E-state index contributed by atoms with van der Waals surface area (Å²) in [5.41, 5.74) is -5.77. The molecule has 0 bridgehead atoms. The Hall–Kier alpha value is -3.26. The highest BCUT2D eigenvalue weighted by Gasteiger charge is 2.76. The zero-order valence-electron chi connectivity index (χ0n) is 30.5. The van der Waals surface area contributed by atoms with Crippen LogP contribution in [0.1, 0.15) is 146 Å². The molecule has 2 saturated carbocycles. The van der Waals surface area contributed by atoms with Crippen molar-refractivity contribution in [3.05, 3.63) is 52.0 Å². The maximum atomic E-state index is 14.9. The van der Waals surface area contributed by atoms with Crippen molar-refractivity contribution in [2.75, 3.05) is 0 Å². The number of phenols is 1. The van der Waals surface area contributed by atoms with Crippen LogP contribution in [0.25, 0.3) is 0 Å². The average molecular weight is 689 g/mol. The van der Waals surface area contributed by atoms with Crippen LogP contribution >= 0.6 is 0 Å². The Balaban J connectivity index is 1.61. The summed E-state index contributed by atoms with van der Waals surface area (Å²) in [7, 11) is 0. The van der Waals surface area contributed by atoms with Gasteiger partial charge in [0.2, 0.25) is 5.78 Å². The maximum Gasteiger partial charge on any atom is 0.209 e. The smallest absolute Gasteiger partial charge is 0.209 e. The molecule has 0 aliphatic heterocycles. The monoisotopic (exact) mass is 688 g/mol. The molecule has 6 rings (SSSR count). The standard InChI is InChI=1S/C42H56O8/c1-6-26(43)22-31-40(4)28(20-18-24-12-7-8-13-24)27-16-11-17-29(44)32(27)36(46)35(40)39(49)42(50)38(48)33(30(45)21-19-25-14-9-10-15-25)37(47)34(23(2)3)41(31,42)5/h11,16-17,23-25,28,31,34,44,47,49-50H,6-10,12-15,18-22H2,1-5H3/t28-,31-,34?,40-,41-,42+/m1/s1. The first-order valence-electron chi connectivity index (χ1n) is 19.2. The third-order valence-electron chi connectivity index (χ3n) is 14.1. The van der Waals surface area contributed by atoms with Crippen LogP contribution in [0.15, 0.2) is 40.9 Å². The van der Waals surface area contributed by atoms with Gasteiger partial charge in [-0.2, -0.15) is 0 Å². The molecule has 0 spiro atoms. The normalized spacial score (nSPS) is 33.2. The number of aliphatic hydroxyl groups excluding tert-OH is 2. The van der Waals surface area contributed by atoms with Gasteiger partial charge in [0.05, 0.1) is 5.56 Å². The van der Waals surface area contributed by atoms with Gasteiger partial charge in [-0.25, -0.2) is 0 Å². The highest BCUT2D eigenvalue weighted by molar-refractivity contribution is 6.26. The molecule has 0 radical (unpaired) electrons. The summed E-state index contributed by atoms with van der Waals surface area (Å²) in [4.78, 5) is 57.3. The summed E-state index contributed by atoms with van der Waals surface area (Å²) in [6.07, 6.45) is 10.7. The lowest BCUT2D eigenvalue weighted by atomic mass is 9.37. The maximum absolute atomic E-state index is 14.9. The van der Waals surface area contributed by atoms with E-state index in [0.29, 0.717) is 30.2 Å². The second-order valence-electron chi connectivity index (χ2n) is 16.9. The van der Waals surface area contributed by atoms with Crippen molar-refractivity contribution in [2.24, 2.45) is 40.4 Å². The van der Waals surface area contributed by atoms with Crippen molar-refractivity contribution < 1.29 is 39.6 Å². The zero-order chi connectivity index (χ0) is 36.3. The molecule has 8 heteroatoms. The highest BCUT2D eigenvalue weighted by atomic mass is 16.4. The number of carbonyl (C=O) groups excluding carboxylic acids is 4. The predicted octanol–water partition coefficient (Wildman–Crippen LogP) is 8.40. The Morgan fingerprint density at radius 2 is 1.50 bits per heavy atom. The minimum absolute atomic E-state index is 0.0175. The van der Waals surface area contributed by atoms with Crippen LogP contribution < -0.4 is 0 Å². The third kappa shape index (κ3) is 5.25. The summed E-state index contributed by atoms with van der Waals surface area (Å²) < 4.78 is 0. The van der Waals surface area contributed by atoms with Crippen molar-refractivity contribution in [3.63, 3.8) is 0 Å². The number of aliphatic hydroxyl groups is 3. The Labute approximate surface area is 296 Å². The first kappa shape index (κ1) is 36.5. The zero-order valence-corrected chi connectivity index (χ0v) is 30.5. The lowest BCUT2D eigenvalue weighted by Gasteiger charge is -2.65. The number of ketones is 4. The quantitative estimate of drug-likeness (QED) is 0.169. The van der Waals surface area contributed by atoms with Crippen molar-refractivity contribution >= 4 is 23.1 Å². The van der Waals surface area contributed by atoms with Gasteiger partial charge in [-0.3, -0.25) is 19.2 Å². The van der Waals surface area contributed by atoms with Crippen molar-refractivity contribution in [2.45, 2.75) is 136 Å². The molecule has 1 aromatic rings. The van der Waals surface area contributed by atoms with Gasteiger partial charge in [0, 0.05) is 41.6 Å². The molecule has 2 fully saturated rings. The minimum Gasteiger partial charge on any atom is -0.511 e. The van der Waals surface area contributed by atoms with Gasteiger partial charge in [-0.15, -0.1) is 0 Å². The summed E-state index contributed by atoms with van der Waals surface area (Å²) >= 11 is 0. The van der Waals surface area contributed by atoms with Gasteiger partial charge in [0.15, 0.2) is 17.2 Å². The number of hydrogen-bond acceptors (Lipinski definition) is 8. The summed E-state index contributed by atoms with van der Waals surface area (Å²) in [5.74, 6) is -5.97. The van der Waals surface area contributed by atoms with Crippen LogP contribution in [0, 0.1) is 40.4 Å². The van der Waals surface area contributed by atoms with Crippen LogP contribution in [0.2, 0.25) is 0 Å². The SMILES string of the molecule is CCC(=O)C[C@@H]1[C@]2(C)C(=C(O)[C@@]3(O)C(=O)C(C(=O)CCC4CCCC4)=C(O)C(C(C)C)[C@@]13C)C(=O)c1c(O)cccc1[C@H]2CCC1CCCC1. The molecule has 1 aromatic carbocycles. The second kappa shape index (κ2) is 13.4. The molecule has 0 saturated heterocycles. The van der Waals surface area contributed by atoms with Gasteiger partial charge < -0.3 is 20.4 Å². The Morgan fingerprint density at radius 1 is 0.900 bits per heavy atom. The van der Waals surface area contributed by atoms with Crippen LogP contribution in [0.3, 0.4) is 0 Å². The molecule has 0 heterocycles. The van der Waals surface area contributed by atoms with Gasteiger partial charge >= 0.3 is 0 Å². The topological polar surface area (TPSA) is 149 Å². The first-order valence-corrected chi connectivity index (χ1v) is 19.2. The van der Waals surface area contributed by atoms with E-state index >= 15 is 0 Å². The summed E-state index contributed by atoms with van der Waals surface area (Å²) in [5, 5.41) is 48.9. The molecule has 272 valence electrons. The van der Waals surface area contributed by atoms with Crippen molar-refractivity contribution in [1.29, 1.82) is 0 Å². The predicted molar refractivity (Wildman–Crippen MR) is 190 cm³/mol. The average Bonchev–Trinajstić information content (AvgIpc) is 3.79. The van der Waals surface area contributed by atoms with E-state index in [-0.39, 0.29) is 41.9 Å². The number of aromatic hydroxyl groups is 1. The van der Waals surface area contributed by atoms with E-state index in [1.807, 2.05) is 26.8 Å². The molecule has 8 nitrogen and oxygen atoms in total. The van der Waals surface area contributed by atoms with E-state index in [1.165, 1.54) is 6.07 Å². The third-order valence-corrected chi connectivity index (χ3v) is 14.1. The second-order valence-corrected chi connectivity index (χ2v) is 16.9. The van der Waals surface area contributed by atoms with E-state index in [1.54, 1.807) is 19.9 Å². The van der Waals surface area contributed by atoms with E-state index in [2.05, 4.69) is 0 Å². The van der Waals surface area contributed by atoms with E-state index in [0.717, 1.165) is 57.8 Å². The minimum atomic E-state index is -2.78. The van der Waals surface area contributed by atoms with Crippen LogP contribution in [0.5, 0.6) is 5.75 Å². The number of fused-ring (bicyclic) bond motifs is 3. The van der Waals surface area contributed by atoms with Crippen LogP contribution in [0.4, 0.5) is 0 Å². The lowest BCUT2D eigenvalue weighted by molar-refractivity contribution is -0.194. The molecular weight excluding hydrogens is 632 g/mol. The molecule has 0 amide bonds. The number of rotatable bonds is 11. The van der Waals surface area contributed by atoms with Gasteiger partial charge in [0.25, 0.3) is 0 Å². The Morgan fingerprint density at radius 3 is 2.08 bits per heavy atom. The molecular formula is C42H56O8. The molecule has 0 aromatic heterocycles. The van der Waals surface area contributed by atoms with Gasteiger partial charge in [-0.05, 0) is 60.5 Å².